The van der Waals surface area contributed by atoms with Gasteiger partial charge >= 0.3 is 0 Å². The maximum absolute atomic E-state index is 13.2. The highest BCUT2D eigenvalue weighted by Gasteiger charge is 2.51. The molecule has 0 spiro atoms. The minimum atomic E-state index is -0.192. The van der Waals surface area contributed by atoms with Gasteiger partial charge in [0, 0.05) is 44.9 Å². The third-order valence-electron chi connectivity index (χ3n) is 5.88. The largest absolute Gasteiger partial charge is 0.474 e. The number of fused-ring (bicyclic) bond motifs is 1. The second-order valence-corrected chi connectivity index (χ2v) is 7.31. The first-order valence-corrected chi connectivity index (χ1v) is 9.30. The number of halogens is 1. The van der Waals surface area contributed by atoms with Crippen LogP contribution >= 0.6 is 0 Å². The second kappa shape index (κ2) is 7.33. The van der Waals surface area contributed by atoms with E-state index >= 15 is 0 Å². The predicted octanol–water partition coefficient (Wildman–Crippen LogP) is 3.81. The summed E-state index contributed by atoms with van der Waals surface area (Å²) in [6.07, 6.45) is 5.83. The van der Waals surface area contributed by atoms with Crippen molar-refractivity contribution in [2.45, 2.75) is 50.0 Å². The van der Waals surface area contributed by atoms with Crippen LogP contribution in [0.1, 0.15) is 31.2 Å². The minimum Gasteiger partial charge on any atom is -0.474 e. The van der Waals surface area contributed by atoms with Crippen molar-refractivity contribution in [3.05, 3.63) is 60.0 Å². The summed E-state index contributed by atoms with van der Waals surface area (Å²) in [6.45, 7) is 1.80. The first kappa shape index (κ1) is 17.4. The number of nitrogens with zero attached hydrogens (tertiary/aromatic N) is 2. The van der Waals surface area contributed by atoms with E-state index in [-0.39, 0.29) is 17.5 Å². The van der Waals surface area contributed by atoms with E-state index in [1.807, 2.05) is 37.4 Å². The molecule has 0 bridgehead atoms. The van der Waals surface area contributed by atoms with Crippen molar-refractivity contribution in [2.75, 3.05) is 13.7 Å². The molecule has 2 fully saturated rings. The molecule has 1 aromatic heterocycles. The average molecular weight is 356 g/mol. The lowest BCUT2D eigenvalue weighted by atomic mass is 9.79. The Kier molecular flexibility index (Phi) is 4.92. The van der Waals surface area contributed by atoms with Crippen LogP contribution in [0.4, 0.5) is 4.39 Å². The molecule has 0 N–H and O–H groups in total. The van der Waals surface area contributed by atoms with E-state index in [4.69, 9.17) is 9.47 Å². The van der Waals surface area contributed by atoms with E-state index in [1.54, 1.807) is 6.20 Å². The van der Waals surface area contributed by atoms with Crippen LogP contribution in [0.25, 0.3) is 0 Å². The van der Waals surface area contributed by atoms with Crippen LogP contribution < -0.4 is 4.74 Å². The average Bonchev–Trinajstić information content (AvgIpc) is 3.03. The number of likely N-dealkylation sites (tertiary alicyclic amines) is 1. The third kappa shape index (κ3) is 3.46. The number of aromatic nitrogens is 1. The Morgan fingerprint density at radius 2 is 2.04 bits per heavy atom. The highest BCUT2D eigenvalue weighted by Crippen LogP contribution is 2.43. The van der Waals surface area contributed by atoms with Gasteiger partial charge in [0.25, 0.3) is 0 Å². The third-order valence-corrected chi connectivity index (χ3v) is 5.88. The van der Waals surface area contributed by atoms with Crippen molar-refractivity contribution < 1.29 is 13.9 Å². The van der Waals surface area contributed by atoms with Gasteiger partial charge in [0.05, 0.1) is 5.60 Å². The van der Waals surface area contributed by atoms with Crippen LogP contribution in [0.15, 0.2) is 48.7 Å². The van der Waals surface area contributed by atoms with Crippen molar-refractivity contribution >= 4 is 0 Å². The Morgan fingerprint density at radius 1 is 1.19 bits per heavy atom. The molecule has 1 aromatic carbocycles. The van der Waals surface area contributed by atoms with Gasteiger partial charge in [-0.3, -0.25) is 4.90 Å². The van der Waals surface area contributed by atoms with E-state index in [0.717, 1.165) is 44.3 Å². The molecule has 1 aliphatic heterocycles. The molecule has 2 aliphatic rings. The molecule has 1 aliphatic carbocycles. The van der Waals surface area contributed by atoms with E-state index in [2.05, 4.69) is 9.88 Å². The molecule has 1 saturated heterocycles. The van der Waals surface area contributed by atoms with Crippen molar-refractivity contribution in [3.63, 3.8) is 0 Å². The quantitative estimate of drug-likeness (QED) is 0.816. The highest BCUT2D eigenvalue weighted by molar-refractivity contribution is 5.18. The standard InChI is InChI=1S/C21H25FN2O2/c1-25-21-10-9-18(26-20-4-2-3-12-23-20)14-19(21)24(13-11-21)15-16-5-7-17(22)8-6-16/h2-8,12,18-19H,9-11,13-15H2,1H3/t18-,19-,21+/m0/s1. The molecule has 2 heterocycles. The Morgan fingerprint density at radius 3 is 2.77 bits per heavy atom. The van der Waals surface area contributed by atoms with Crippen LogP contribution in [-0.4, -0.2) is 41.3 Å². The van der Waals surface area contributed by atoms with Gasteiger partial charge in [-0.25, -0.2) is 9.37 Å². The highest BCUT2D eigenvalue weighted by atomic mass is 19.1. The zero-order valence-electron chi connectivity index (χ0n) is 15.1. The lowest BCUT2D eigenvalue weighted by Crippen LogP contribution is -2.52. The van der Waals surface area contributed by atoms with Gasteiger partial charge in [0.1, 0.15) is 11.9 Å². The number of hydrogen-bond acceptors (Lipinski definition) is 4. The fourth-order valence-corrected chi connectivity index (χ4v) is 4.46. The summed E-state index contributed by atoms with van der Waals surface area (Å²) >= 11 is 0. The number of benzene rings is 1. The van der Waals surface area contributed by atoms with Gasteiger partial charge in [0.2, 0.25) is 5.88 Å². The maximum atomic E-state index is 13.2. The van der Waals surface area contributed by atoms with E-state index in [0.29, 0.717) is 11.9 Å². The van der Waals surface area contributed by atoms with E-state index in [9.17, 15) is 4.39 Å². The summed E-state index contributed by atoms with van der Waals surface area (Å²) in [4.78, 5) is 6.75. The van der Waals surface area contributed by atoms with E-state index < -0.39 is 0 Å². The van der Waals surface area contributed by atoms with Crippen molar-refractivity contribution in [2.24, 2.45) is 0 Å². The molecule has 5 heteroatoms. The van der Waals surface area contributed by atoms with Crippen molar-refractivity contribution in [1.29, 1.82) is 0 Å². The number of hydrogen-bond donors (Lipinski definition) is 0. The summed E-state index contributed by atoms with van der Waals surface area (Å²) in [5.74, 6) is 0.494. The zero-order valence-corrected chi connectivity index (χ0v) is 15.1. The molecule has 0 radical (unpaired) electrons. The predicted molar refractivity (Wildman–Crippen MR) is 97.5 cm³/mol. The SMILES string of the molecule is CO[C@@]12CC[C@H](Oc3ccccn3)C[C@@H]1N(Cc1ccc(F)cc1)CC2. The van der Waals surface area contributed by atoms with Crippen LogP contribution in [0.5, 0.6) is 5.88 Å². The topological polar surface area (TPSA) is 34.6 Å². The molecule has 0 amide bonds. The maximum Gasteiger partial charge on any atom is 0.213 e. The van der Waals surface area contributed by atoms with Gasteiger partial charge < -0.3 is 9.47 Å². The first-order chi connectivity index (χ1) is 12.7. The fourth-order valence-electron chi connectivity index (χ4n) is 4.46. The summed E-state index contributed by atoms with van der Waals surface area (Å²) < 4.78 is 25.3. The summed E-state index contributed by atoms with van der Waals surface area (Å²) in [7, 11) is 1.83. The Labute approximate surface area is 153 Å². The summed E-state index contributed by atoms with van der Waals surface area (Å²) in [6, 6.07) is 12.8. The molecule has 138 valence electrons. The van der Waals surface area contributed by atoms with Crippen molar-refractivity contribution in [1.82, 2.24) is 9.88 Å². The van der Waals surface area contributed by atoms with Crippen LogP contribution in [0.3, 0.4) is 0 Å². The molecule has 1 saturated carbocycles. The summed E-state index contributed by atoms with van der Waals surface area (Å²) in [5, 5.41) is 0. The van der Waals surface area contributed by atoms with Crippen LogP contribution in [-0.2, 0) is 11.3 Å². The van der Waals surface area contributed by atoms with Gasteiger partial charge in [-0.15, -0.1) is 0 Å². The second-order valence-electron chi connectivity index (χ2n) is 7.31. The van der Waals surface area contributed by atoms with Crippen LogP contribution in [0.2, 0.25) is 0 Å². The number of ether oxygens (including phenoxy) is 2. The zero-order chi connectivity index (χ0) is 18.0. The van der Waals surface area contributed by atoms with Gasteiger partial charge in [0.15, 0.2) is 0 Å². The fraction of sp³-hybridized carbons (Fsp3) is 0.476. The minimum absolute atomic E-state index is 0.0932. The lowest BCUT2D eigenvalue weighted by Gasteiger charge is -2.43. The molecule has 3 atom stereocenters. The molecule has 26 heavy (non-hydrogen) atoms. The molecule has 0 unspecified atom stereocenters. The number of pyridine rings is 1. The molecule has 2 aromatic rings. The van der Waals surface area contributed by atoms with Gasteiger partial charge in [-0.1, -0.05) is 18.2 Å². The first-order valence-electron chi connectivity index (χ1n) is 9.30. The Hall–Kier alpha value is -1.98. The Balaban J connectivity index is 1.48. The van der Waals surface area contributed by atoms with Gasteiger partial charge in [-0.05, 0) is 43.0 Å². The Bertz CT molecular complexity index is 725. The smallest absolute Gasteiger partial charge is 0.213 e. The van der Waals surface area contributed by atoms with Gasteiger partial charge in [-0.2, -0.15) is 0 Å². The molecule has 4 rings (SSSR count). The number of methoxy groups -OCH3 is 1. The van der Waals surface area contributed by atoms with Crippen molar-refractivity contribution in [3.8, 4) is 5.88 Å². The normalized spacial score (nSPS) is 28.7. The molecular weight excluding hydrogens is 331 g/mol. The number of rotatable bonds is 5. The molecule has 4 nitrogen and oxygen atoms in total. The van der Waals surface area contributed by atoms with E-state index in [1.165, 1.54) is 12.1 Å². The monoisotopic (exact) mass is 356 g/mol. The molecular formula is C21H25FN2O2. The van der Waals surface area contributed by atoms with Crippen LogP contribution in [0, 0.1) is 5.82 Å². The summed E-state index contributed by atoms with van der Waals surface area (Å²) in [5.41, 5.74) is 1.04. The lowest BCUT2D eigenvalue weighted by molar-refractivity contribution is -0.0843.